The van der Waals surface area contributed by atoms with Gasteiger partial charge in [-0.25, -0.2) is 0 Å². The maximum absolute atomic E-state index is 6.17. The van der Waals surface area contributed by atoms with Gasteiger partial charge in [-0.1, -0.05) is 0 Å². The number of hydrogen-bond donors (Lipinski definition) is 1. The second-order valence-corrected chi connectivity index (χ2v) is 6.55. The highest BCUT2D eigenvalue weighted by molar-refractivity contribution is 9.11. The van der Waals surface area contributed by atoms with Crippen molar-refractivity contribution in [2.75, 3.05) is 0 Å². The Bertz CT molecular complexity index is 477. The fraction of sp³-hybridized carbons (Fsp3) is 0.200. The highest BCUT2D eigenvalue weighted by Gasteiger charge is 2.18. The third-order valence-electron chi connectivity index (χ3n) is 2.24. The van der Waals surface area contributed by atoms with Crippen molar-refractivity contribution in [2.24, 2.45) is 5.73 Å². The van der Waals surface area contributed by atoms with Crippen LogP contribution in [0.15, 0.2) is 31.3 Å². The van der Waals surface area contributed by atoms with Gasteiger partial charge < -0.3 is 10.2 Å². The van der Waals surface area contributed by atoms with Gasteiger partial charge in [0.05, 0.1) is 16.1 Å². The van der Waals surface area contributed by atoms with E-state index in [9.17, 15) is 0 Å². The fourth-order valence-corrected chi connectivity index (χ4v) is 3.71. The van der Waals surface area contributed by atoms with Crippen LogP contribution < -0.4 is 5.73 Å². The van der Waals surface area contributed by atoms with Gasteiger partial charge in [0.15, 0.2) is 4.67 Å². The van der Waals surface area contributed by atoms with Gasteiger partial charge in [0.1, 0.15) is 0 Å². The van der Waals surface area contributed by atoms with E-state index in [0.717, 1.165) is 14.9 Å². The highest BCUT2D eigenvalue weighted by atomic mass is 79.9. The summed E-state index contributed by atoms with van der Waals surface area (Å²) in [6.07, 6.45) is 1.63. The molecule has 2 heterocycles. The van der Waals surface area contributed by atoms with Crippen LogP contribution in [0.3, 0.4) is 0 Å². The normalized spacial score (nSPS) is 13.1. The van der Waals surface area contributed by atoms with E-state index < -0.39 is 0 Å². The molecule has 0 saturated heterocycles. The number of nitrogens with two attached hydrogens (primary N) is 1. The molecule has 1 atom stereocenters. The molecule has 0 fully saturated rings. The SMILES string of the molecule is Cc1sc(Br)cc1C(N)c1ccoc1Br. The predicted octanol–water partition coefficient (Wildman–Crippen LogP) is 4.22. The minimum Gasteiger partial charge on any atom is -0.457 e. The van der Waals surface area contributed by atoms with Crippen LogP contribution in [0.4, 0.5) is 0 Å². The largest absolute Gasteiger partial charge is 0.457 e. The summed E-state index contributed by atoms with van der Waals surface area (Å²) in [6, 6.07) is 3.81. The lowest BCUT2D eigenvalue weighted by Crippen LogP contribution is -2.11. The summed E-state index contributed by atoms with van der Waals surface area (Å²) in [7, 11) is 0. The van der Waals surface area contributed by atoms with Crippen molar-refractivity contribution in [3.05, 3.63) is 42.9 Å². The summed E-state index contributed by atoms with van der Waals surface area (Å²) in [4.78, 5) is 1.22. The summed E-state index contributed by atoms with van der Waals surface area (Å²) < 4.78 is 6.99. The lowest BCUT2D eigenvalue weighted by Gasteiger charge is -2.09. The zero-order valence-electron chi connectivity index (χ0n) is 7.96. The van der Waals surface area contributed by atoms with Gasteiger partial charge in [-0.15, -0.1) is 11.3 Å². The molecule has 2 N–H and O–H groups in total. The Morgan fingerprint density at radius 3 is 2.60 bits per heavy atom. The Hall–Kier alpha value is -0.100. The summed E-state index contributed by atoms with van der Waals surface area (Å²) in [5, 5.41) is 0. The smallest absolute Gasteiger partial charge is 0.174 e. The molecular weight excluding hydrogens is 342 g/mol. The predicted molar refractivity (Wildman–Crippen MR) is 69.2 cm³/mol. The Balaban J connectivity index is 2.40. The molecule has 15 heavy (non-hydrogen) atoms. The minimum absolute atomic E-state index is 0.138. The van der Waals surface area contributed by atoms with Gasteiger partial charge >= 0.3 is 0 Å². The zero-order valence-corrected chi connectivity index (χ0v) is 11.9. The molecule has 0 aliphatic heterocycles. The second-order valence-electron chi connectivity index (χ2n) is 3.19. The number of halogens is 2. The summed E-state index contributed by atoms with van der Waals surface area (Å²) in [6.45, 7) is 2.07. The molecule has 0 aliphatic carbocycles. The van der Waals surface area contributed by atoms with E-state index in [1.807, 2.05) is 6.07 Å². The van der Waals surface area contributed by atoms with Gasteiger partial charge in [-0.05, 0) is 56.5 Å². The van der Waals surface area contributed by atoms with E-state index in [2.05, 4.69) is 44.8 Å². The van der Waals surface area contributed by atoms with Crippen LogP contribution >= 0.6 is 43.2 Å². The van der Waals surface area contributed by atoms with Crippen molar-refractivity contribution < 1.29 is 4.42 Å². The van der Waals surface area contributed by atoms with Crippen molar-refractivity contribution in [3.63, 3.8) is 0 Å². The van der Waals surface area contributed by atoms with Crippen LogP contribution in [0.2, 0.25) is 0 Å². The number of aryl methyl sites for hydroxylation is 1. The molecule has 0 bridgehead atoms. The molecule has 5 heteroatoms. The first-order chi connectivity index (χ1) is 7.09. The van der Waals surface area contributed by atoms with Gasteiger partial charge in [-0.2, -0.15) is 0 Å². The van der Waals surface area contributed by atoms with Gasteiger partial charge in [-0.3, -0.25) is 0 Å². The van der Waals surface area contributed by atoms with E-state index in [1.165, 1.54) is 4.88 Å². The summed E-state index contributed by atoms with van der Waals surface area (Å²) in [5.74, 6) is 0. The first kappa shape index (κ1) is 11.4. The molecule has 2 rings (SSSR count). The molecule has 2 nitrogen and oxygen atoms in total. The molecule has 2 aromatic heterocycles. The van der Waals surface area contributed by atoms with Crippen LogP contribution in [0.1, 0.15) is 22.0 Å². The van der Waals surface area contributed by atoms with E-state index in [0.29, 0.717) is 4.67 Å². The van der Waals surface area contributed by atoms with Crippen molar-refractivity contribution in [3.8, 4) is 0 Å². The average Bonchev–Trinajstić information content (AvgIpc) is 2.71. The number of thiophene rings is 1. The molecule has 2 aromatic rings. The Labute approximate surface area is 109 Å². The zero-order chi connectivity index (χ0) is 11.0. The van der Waals surface area contributed by atoms with Crippen molar-refractivity contribution in [2.45, 2.75) is 13.0 Å². The third-order valence-corrected chi connectivity index (χ3v) is 4.46. The second kappa shape index (κ2) is 4.41. The third kappa shape index (κ3) is 2.20. The molecule has 0 aliphatic rings. The number of rotatable bonds is 2. The lowest BCUT2D eigenvalue weighted by molar-refractivity contribution is 0.534. The van der Waals surface area contributed by atoms with Crippen molar-refractivity contribution in [1.29, 1.82) is 0 Å². The molecule has 0 saturated carbocycles. The van der Waals surface area contributed by atoms with Crippen LogP contribution in [0.25, 0.3) is 0 Å². The van der Waals surface area contributed by atoms with Gasteiger partial charge in [0.25, 0.3) is 0 Å². The van der Waals surface area contributed by atoms with Gasteiger partial charge in [0, 0.05) is 10.4 Å². The maximum Gasteiger partial charge on any atom is 0.174 e. The Morgan fingerprint density at radius 1 is 1.40 bits per heavy atom. The first-order valence-electron chi connectivity index (χ1n) is 4.34. The van der Waals surface area contributed by atoms with Crippen LogP contribution in [0.5, 0.6) is 0 Å². The fourth-order valence-electron chi connectivity index (χ4n) is 1.46. The van der Waals surface area contributed by atoms with E-state index >= 15 is 0 Å². The molecule has 0 spiro atoms. The molecule has 0 aromatic carbocycles. The molecular formula is C10H9Br2NOS. The monoisotopic (exact) mass is 349 g/mol. The number of furan rings is 1. The van der Waals surface area contributed by atoms with Crippen molar-refractivity contribution >= 4 is 43.2 Å². The highest BCUT2D eigenvalue weighted by Crippen LogP contribution is 2.35. The Morgan fingerprint density at radius 2 is 2.13 bits per heavy atom. The molecule has 80 valence electrons. The summed E-state index contributed by atoms with van der Waals surface area (Å²) >= 11 is 8.49. The van der Waals surface area contributed by atoms with Crippen LogP contribution in [-0.4, -0.2) is 0 Å². The first-order valence-corrected chi connectivity index (χ1v) is 6.74. The topological polar surface area (TPSA) is 39.2 Å². The van der Waals surface area contributed by atoms with Crippen LogP contribution in [0, 0.1) is 6.92 Å². The standard InChI is InChI=1S/C10H9Br2NOS/c1-5-7(4-8(11)15-5)9(13)6-2-3-14-10(6)12/h2-4,9H,13H2,1H3. The minimum atomic E-state index is -0.138. The molecule has 1 unspecified atom stereocenters. The lowest BCUT2D eigenvalue weighted by atomic mass is 10.0. The van der Waals surface area contributed by atoms with Crippen molar-refractivity contribution in [1.82, 2.24) is 0 Å². The summed E-state index contributed by atoms with van der Waals surface area (Å²) in [5.41, 5.74) is 8.28. The average molecular weight is 351 g/mol. The van der Waals surface area contributed by atoms with E-state index in [4.69, 9.17) is 10.2 Å². The maximum atomic E-state index is 6.17. The van der Waals surface area contributed by atoms with E-state index in [-0.39, 0.29) is 6.04 Å². The Kier molecular flexibility index (Phi) is 3.35. The number of hydrogen-bond acceptors (Lipinski definition) is 3. The molecule has 0 radical (unpaired) electrons. The van der Waals surface area contributed by atoms with Gasteiger partial charge in [0.2, 0.25) is 0 Å². The van der Waals surface area contributed by atoms with E-state index in [1.54, 1.807) is 17.6 Å². The quantitative estimate of drug-likeness (QED) is 0.880. The molecule has 0 amide bonds. The van der Waals surface area contributed by atoms with Crippen LogP contribution in [-0.2, 0) is 0 Å².